The zero-order valence-electron chi connectivity index (χ0n) is 12.4. The average molecular weight is 371 g/mol. The summed E-state index contributed by atoms with van der Waals surface area (Å²) < 4.78 is 6.39. The van der Waals surface area contributed by atoms with Crippen LogP contribution >= 0.6 is 27.7 Å². The molecule has 4 nitrogen and oxygen atoms in total. The molecule has 1 aromatic rings. The third-order valence-electron chi connectivity index (χ3n) is 4.00. The topological polar surface area (TPSA) is 51.2 Å². The highest BCUT2D eigenvalue weighted by molar-refractivity contribution is 9.10. The highest BCUT2D eigenvalue weighted by atomic mass is 79.9. The third-order valence-corrected chi connectivity index (χ3v) is 5.83. The lowest BCUT2D eigenvalue weighted by atomic mass is 10.1. The zero-order valence-corrected chi connectivity index (χ0v) is 14.8. The van der Waals surface area contributed by atoms with Crippen LogP contribution in [0.15, 0.2) is 22.8 Å². The van der Waals surface area contributed by atoms with Crippen molar-refractivity contribution in [3.05, 3.63) is 28.5 Å². The number of thioether (sulfide) groups is 1. The molecule has 1 N–H and O–H groups in total. The minimum atomic E-state index is -0.495. The van der Waals surface area contributed by atoms with Crippen molar-refractivity contribution in [2.75, 3.05) is 11.5 Å². The van der Waals surface area contributed by atoms with Crippen LogP contribution in [0.1, 0.15) is 26.5 Å². The predicted octanol–water partition coefficient (Wildman–Crippen LogP) is 3.56. The zero-order chi connectivity index (χ0) is 15.3. The Bertz CT molecular complexity index is 563. The number of rotatable bonds is 2. The molecular weight excluding hydrogens is 352 g/mol. The SMILES string of the molecule is CC(C)(C)OC(=O)NC1(c2ncccc2Br)C2CSC[C@@H]21. The maximum Gasteiger partial charge on any atom is 0.408 e. The second kappa shape index (κ2) is 5.16. The van der Waals surface area contributed by atoms with Crippen molar-refractivity contribution in [2.45, 2.75) is 31.9 Å². The van der Waals surface area contributed by atoms with Gasteiger partial charge in [-0.2, -0.15) is 11.8 Å². The van der Waals surface area contributed by atoms with Crippen molar-refractivity contribution in [1.82, 2.24) is 10.3 Å². The van der Waals surface area contributed by atoms with Gasteiger partial charge in [-0.05, 0) is 60.3 Å². The molecule has 2 unspecified atom stereocenters. The number of ether oxygens (including phenoxy) is 1. The Morgan fingerprint density at radius 1 is 1.48 bits per heavy atom. The Morgan fingerprint density at radius 3 is 2.71 bits per heavy atom. The molecular formula is C15H19BrN2O2S. The number of pyridine rings is 1. The Balaban J connectivity index is 1.87. The quantitative estimate of drug-likeness (QED) is 0.864. The van der Waals surface area contributed by atoms with E-state index in [0.717, 1.165) is 21.7 Å². The number of halogens is 1. The number of carbonyl (C=O) groups excluding carboxylic acids is 1. The van der Waals surface area contributed by atoms with Crippen LogP contribution in [0, 0.1) is 11.8 Å². The van der Waals surface area contributed by atoms with Crippen molar-refractivity contribution >= 4 is 33.8 Å². The molecule has 0 radical (unpaired) electrons. The van der Waals surface area contributed by atoms with Crippen molar-refractivity contribution in [2.24, 2.45) is 11.8 Å². The van der Waals surface area contributed by atoms with Crippen LogP contribution in [0.3, 0.4) is 0 Å². The van der Waals surface area contributed by atoms with Crippen LogP contribution in [0.2, 0.25) is 0 Å². The maximum absolute atomic E-state index is 12.2. The lowest BCUT2D eigenvalue weighted by Gasteiger charge is -2.26. The van der Waals surface area contributed by atoms with Crippen LogP contribution in [0.25, 0.3) is 0 Å². The Labute approximate surface area is 137 Å². The van der Waals surface area contributed by atoms with Crippen LogP contribution in [-0.2, 0) is 10.3 Å². The fourth-order valence-electron chi connectivity index (χ4n) is 3.11. The molecule has 1 aromatic heterocycles. The second-order valence-corrected chi connectivity index (χ2v) is 8.51. The van der Waals surface area contributed by atoms with Gasteiger partial charge in [-0.3, -0.25) is 4.98 Å². The van der Waals surface area contributed by atoms with Crippen LogP contribution in [0.5, 0.6) is 0 Å². The summed E-state index contributed by atoms with van der Waals surface area (Å²) in [5.74, 6) is 3.01. The molecule has 6 heteroatoms. The summed E-state index contributed by atoms with van der Waals surface area (Å²) in [5.41, 5.74) is 0.0603. The molecule has 2 aliphatic rings. The van der Waals surface area contributed by atoms with Gasteiger partial charge in [0.1, 0.15) is 5.60 Å². The van der Waals surface area contributed by atoms with Crippen LogP contribution in [0.4, 0.5) is 4.79 Å². The van der Waals surface area contributed by atoms with E-state index in [1.54, 1.807) is 6.20 Å². The number of carbonyl (C=O) groups is 1. The summed E-state index contributed by atoms with van der Waals surface area (Å²) in [7, 11) is 0. The molecule has 1 aliphatic carbocycles. The first kappa shape index (κ1) is 15.2. The molecule has 3 atom stereocenters. The Morgan fingerprint density at radius 2 is 2.14 bits per heavy atom. The smallest absolute Gasteiger partial charge is 0.408 e. The number of nitrogens with one attached hydrogen (secondary N) is 1. The van der Waals surface area contributed by atoms with Gasteiger partial charge in [0, 0.05) is 22.5 Å². The minimum absolute atomic E-state index is 0.362. The molecule has 1 amide bonds. The first-order chi connectivity index (χ1) is 9.84. The summed E-state index contributed by atoms with van der Waals surface area (Å²) >= 11 is 5.51. The minimum Gasteiger partial charge on any atom is -0.444 e. The van der Waals surface area contributed by atoms with E-state index in [1.165, 1.54) is 0 Å². The van der Waals surface area contributed by atoms with Gasteiger partial charge in [0.15, 0.2) is 0 Å². The number of alkyl carbamates (subject to hydrolysis) is 1. The number of aromatic nitrogens is 1. The average Bonchev–Trinajstić information content (AvgIpc) is 2.75. The molecule has 2 fully saturated rings. The van der Waals surface area contributed by atoms with E-state index < -0.39 is 5.60 Å². The summed E-state index contributed by atoms with van der Waals surface area (Å²) in [6.45, 7) is 5.62. The predicted molar refractivity (Wildman–Crippen MR) is 87.3 cm³/mol. The van der Waals surface area contributed by atoms with Gasteiger partial charge in [-0.1, -0.05) is 0 Å². The van der Waals surface area contributed by atoms with Crippen LogP contribution in [-0.4, -0.2) is 28.2 Å². The van der Waals surface area contributed by atoms with Crippen molar-refractivity contribution < 1.29 is 9.53 Å². The Kier molecular flexibility index (Phi) is 3.72. The molecule has 1 aliphatic heterocycles. The van der Waals surface area contributed by atoms with Gasteiger partial charge < -0.3 is 10.1 Å². The van der Waals surface area contributed by atoms with Gasteiger partial charge in [-0.25, -0.2) is 4.79 Å². The standard InChI is InChI=1S/C15H19BrN2O2S/c1-14(2,3)20-13(19)18-15(9-7-21-8-10(9)15)12-11(16)5-4-6-17-12/h4-6,9-10H,7-8H2,1-3H3,(H,18,19)/t9-,10?,15?/m0/s1. The van der Waals surface area contributed by atoms with E-state index >= 15 is 0 Å². The largest absolute Gasteiger partial charge is 0.444 e. The van der Waals surface area contributed by atoms with E-state index in [4.69, 9.17) is 4.74 Å². The Hall–Kier alpha value is -0.750. The second-order valence-electron chi connectivity index (χ2n) is 6.58. The van der Waals surface area contributed by atoms with Crippen molar-refractivity contribution in [3.8, 4) is 0 Å². The number of hydrogen-bond donors (Lipinski definition) is 1. The molecule has 0 aromatic carbocycles. The molecule has 1 saturated carbocycles. The monoisotopic (exact) mass is 370 g/mol. The summed E-state index contributed by atoms with van der Waals surface area (Å²) in [6.07, 6.45) is 1.42. The number of nitrogens with zero attached hydrogens (tertiary/aromatic N) is 1. The van der Waals surface area contributed by atoms with Gasteiger partial charge in [0.25, 0.3) is 0 Å². The van der Waals surface area contributed by atoms with Crippen molar-refractivity contribution in [1.29, 1.82) is 0 Å². The molecule has 2 heterocycles. The normalized spacial score (nSPS) is 30.7. The van der Waals surface area contributed by atoms with Crippen LogP contribution < -0.4 is 5.32 Å². The van der Waals surface area contributed by atoms with E-state index in [9.17, 15) is 4.79 Å². The highest BCUT2D eigenvalue weighted by Gasteiger charge is 2.70. The van der Waals surface area contributed by atoms with E-state index in [1.807, 2.05) is 44.7 Å². The summed E-state index contributed by atoms with van der Waals surface area (Å²) in [5, 5.41) is 3.12. The highest BCUT2D eigenvalue weighted by Crippen LogP contribution is 2.64. The molecule has 114 valence electrons. The molecule has 21 heavy (non-hydrogen) atoms. The lowest BCUT2D eigenvalue weighted by Crippen LogP contribution is -2.43. The van der Waals surface area contributed by atoms with Crippen molar-refractivity contribution in [3.63, 3.8) is 0 Å². The number of amides is 1. The maximum atomic E-state index is 12.2. The van der Waals surface area contributed by atoms with E-state index in [2.05, 4.69) is 26.2 Å². The van der Waals surface area contributed by atoms with E-state index in [0.29, 0.717) is 11.8 Å². The molecule has 0 spiro atoms. The first-order valence-corrected chi connectivity index (χ1v) is 8.99. The van der Waals surface area contributed by atoms with Gasteiger partial charge >= 0.3 is 6.09 Å². The number of fused-ring (bicyclic) bond motifs is 1. The lowest BCUT2D eigenvalue weighted by molar-refractivity contribution is 0.0484. The molecule has 0 bridgehead atoms. The molecule has 1 saturated heterocycles. The van der Waals surface area contributed by atoms with Gasteiger partial charge in [-0.15, -0.1) is 0 Å². The van der Waals surface area contributed by atoms with Gasteiger partial charge in [0.2, 0.25) is 0 Å². The number of hydrogen-bond acceptors (Lipinski definition) is 4. The fraction of sp³-hybridized carbons (Fsp3) is 0.600. The van der Waals surface area contributed by atoms with E-state index in [-0.39, 0.29) is 11.6 Å². The first-order valence-electron chi connectivity index (χ1n) is 7.04. The molecule has 3 rings (SSSR count). The summed E-state index contributed by atoms with van der Waals surface area (Å²) in [4.78, 5) is 16.8. The third kappa shape index (κ3) is 2.68. The summed E-state index contributed by atoms with van der Waals surface area (Å²) in [6, 6.07) is 3.86. The fourth-order valence-corrected chi connectivity index (χ4v) is 5.33. The van der Waals surface area contributed by atoms with Gasteiger partial charge in [0.05, 0.1) is 11.2 Å².